The Hall–Kier alpha value is -3.43. The zero-order valence-electron chi connectivity index (χ0n) is 14.3. The average Bonchev–Trinajstić information content (AvgIpc) is 2.63. The maximum atomic E-state index is 12.3. The molecule has 1 aromatic carbocycles. The molecule has 10 nitrogen and oxygen atoms in total. The van der Waals surface area contributed by atoms with E-state index in [0.717, 1.165) is 7.11 Å². The van der Waals surface area contributed by atoms with E-state index in [2.05, 4.69) is 4.99 Å². The fourth-order valence-corrected chi connectivity index (χ4v) is 2.76. The second-order valence-electron chi connectivity index (χ2n) is 5.30. The predicted molar refractivity (Wildman–Crippen MR) is 88.0 cm³/mol. The first-order valence-corrected chi connectivity index (χ1v) is 7.41. The molecule has 26 heavy (non-hydrogen) atoms. The van der Waals surface area contributed by atoms with Gasteiger partial charge in [-0.2, -0.15) is 0 Å². The lowest BCUT2D eigenvalue weighted by atomic mass is 9.79. The van der Waals surface area contributed by atoms with Crippen LogP contribution in [0.3, 0.4) is 0 Å². The standard InChI is InChI=1S/C16H17N3O7/c1-18-7-10(15(20)24-2)12-9-6-8(19(22)23)4-5-11(9)26-14(17)13(12)16(21)25-3/h4-7,10,12H,1-3H3,(H2-,17,21,22,23)/p+1/b18-7+. The summed E-state index contributed by atoms with van der Waals surface area (Å²) in [4.78, 5) is 39.3. The summed E-state index contributed by atoms with van der Waals surface area (Å²) in [6.45, 7) is 0. The van der Waals surface area contributed by atoms with Crippen LogP contribution in [0, 0.1) is 10.8 Å². The quantitative estimate of drug-likeness (QED) is 0.444. The Balaban J connectivity index is 2.75. The third-order valence-corrected chi connectivity index (χ3v) is 3.89. The number of benzene rings is 1. The van der Waals surface area contributed by atoms with Crippen molar-refractivity contribution in [1.29, 1.82) is 0 Å². The zero-order chi connectivity index (χ0) is 19.4. The Morgan fingerprint density at radius 1 is 1.38 bits per heavy atom. The first kappa shape index (κ1) is 18.9. The average molecular weight is 364 g/mol. The molecule has 1 aliphatic rings. The number of hydrogen-bond donors (Lipinski definition) is 2. The number of aliphatic imine (C=N–C) groups is 1. The van der Waals surface area contributed by atoms with Crippen molar-refractivity contribution >= 4 is 23.8 Å². The summed E-state index contributed by atoms with van der Waals surface area (Å²) in [6, 6.07) is 3.96. The van der Waals surface area contributed by atoms with Gasteiger partial charge in [0.1, 0.15) is 17.2 Å². The van der Waals surface area contributed by atoms with Crippen LogP contribution < -0.4 is 10.5 Å². The molecule has 1 heterocycles. The summed E-state index contributed by atoms with van der Waals surface area (Å²) in [6.07, 6.45) is 1.29. The van der Waals surface area contributed by atoms with E-state index in [-0.39, 0.29) is 33.4 Å². The minimum atomic E-state index is -1.05. The van der Waals surface area contributed by atoms with E-state index >= 15 is 0 Å². The molecule has 0 saturated carbocycles. The van der Waals surface area contributed by atoms with Crippen molar-refractivity contribution in [2.75, 3.05) is 21.3 Å². The van der Waals surface area contributed by atoms with Crippen molar-refractivity contribution in [1.82, 2.24) is 0 Å². The lowest BCUT2D eigenvalue weighted by Crippen LogP contribution is -2.34. The molecule has 1 aliphatic heterocycles. The van der Waals surface area contributed by atoms with E-state index in [4.69, 9.17) is 19.9 Å². The van der Waals surface area contributed by atoms with Crippen LogP contribution in [0.5, 0.6) is 5.75 Å². The topological polar surface area (TPSA) is 141 Å². The van der Waals surface area contributed by atoms with Crippen LogP contribution in [0.15, 0.2) is 34.6 Å². The molecule has 138 valence electrons. The minimum absolute atomic E-state index is 0.122. The molecule has 3 N–H and O–H groups in total. The first-order valence-electron chi connectivity index (χ1n) is 7.41. The Morgan fingerprint density at radius 2 is 2.08 bits per heavy atom. The van der Waals surface area contributed by atoms with Crippen molar-refractivity contribution in [3.8, 4) is 5.75 Å². The molecular formula is C16H18N3O7+. The van der Waals surface area contributed by atoms with E-state index in [1.165, 1.54) is 38.6 Å². The van der Waals surface area contributed by atoms with Gasteiger partial charge >= 0.3 is 17.6 Å². The van der Waals surface area contributed by atoms with E-state index in [9.17, 15) is 19.7 Å². The Kier molecular flexibility index (Phi) is 5.55. The van der Waals surface area contributed by atoms with Gasteiger partial charge < -0.3 is 19.9 Å². The molecule has 0 aliphatic carbocycles. The van der Waals surface area contributed by atoms with Gasteiger partial charge in [-0.05, 0) is 6.07 Å². The normalized spacial score (nSPS) is 17.3. The second kappa shape index (κ2) is 7.64. The minimum Gasteiger partial charge on any atom is -0.468 e. The molecule has 0 aromatic heterocycles. The first-order chi connectivity index (χ1) is 12.3. The van der Waals surface area contributed by atoms with Crippen LogP contribution in [0.25, 0.3) is 0 Å². The number of esters is 2. The summed E-state index contributed by atoms with van der Waals surface area (Å²) < 4.78 is 15.0. The van der Waals surface area contributed by atoms with Crippen LogP contribution in [0.1, 0.15) is 11.5 Å². The maximum absolute atomic E-state index is 12.3. The molecule has 1 aromatic rings. The number of hydrogen-bond acceptors (Lipinski definition) is 8. The fraction of sp³-hybridized carbons (Fsp3) is 0.312. The largest absolute Gasteiger partial charge is 0.468 e. The van der Waals surface area contributed by atoms with Gasteiger partial charge in [0.15, 0.2) is 0 Å². The third-order valence-electron chi connectivity index (χ3n) is 3.89. The Morgan fingerprint density at radius 3 is 2.62 bits per heavy atom. The molecule has 0 fully saturated rings. The van der Waals surface area contributed by atoms with Crippen LogP contribution in [0.2, 0.25) is 0 Å². The highest BCUT2D eigenvalue weighted by Crippen LogP contribution is 2.44. The summed E-state index contributed by atoms with van der Waals surface area (Å²) in [7, 11) is 3.79. The van der Waals surface area contributed by atoms with Crippen molar-refractivity contribution in [3.63, 3.8) is 0 Å². The highest BCUT2D eigenvalue weighted by atomic mass is 16.6. The van der Waals surface area contributed by atoms with E-state index < -0.39 is 23.8 Å². The molecular weight excluding hydrogens is 346 g/mol. The Bertz CT molecular complexity index is 816. The summed E-state index contributed by atoms with van der Waals surface area (Å²) in [5.74, 6) is -3.58. The molecule has 2 rings (SSSR count). The number of nitrogens with two attached hydrogens (primary N) is 1. The highest BCUT2D eigenvalue weighted by Gasteiger charge is 2.43. The van der Waals surface area contributed by atoms with Gasteiger partial charge in [-0.25, -0.2) is 10.0 Å². The highest BCUT2D eigenvalue weighted by molar-refractivity contribution is 5.98. The van der Waals surface area contributed by atoms with Gasteiger partial charge in [-0.3, -0.25) is 9.79 Å². The van der Waals surface area contributed by atoms with Crippen LogP contribution in [-0.2, 0) is 19.1 Å². The molecule has 10 heteroatoms. The molecule has 0 saturated heterocycles. The van der Waals surface area contributed by atoms with Gasteiger partial charge in [0.25, 0.3) is 4.92 Å². The van der Waals surface area contributed by atoms with Gasteiger partial charge in [-0.15, -0.1) is 0 Å². The SMILES string of the molecule is C/N=C/C(C(=O)OC)C1C(C(=O)OC)=C(N)Oc2ccc([N+](=O)O)cc21. The number of carbonyl (C=O) groups is 2. The van der Waals surface area contributed by atoms with Crippen molar-refractivity contribution in [2.24, 2.45) is 16.6 Å². The summed E-state index contributed by atoms with van der Waals surface area (Å²) >= 11 is 0. The predicted octanol–water partition coefficient (Wildman–Crippen LogP) is 0.795. The monoisotopic (exact) mass is 364 g/mol. The maximum Gasteiger partial charge on any atom is 0.339 e. The van der Waals surface area contributed by atoms with E-state index in [1.807, 2.05) is 0 Å². The van der Waals surface area contributed by atoms with Crippen LogP contribution in [0.4, 0.5) is 5.69 Å². The van der Waals surface area contributed by atoms with Crippen molar-refractivity contribution in [2.45, 2.75) is 5.92 Å². The van der Waals surface area contributed by atoms with Gasteiger partial charge in [0.2, 0.25) is 5.88 Å². The lowest BCUT2D eigenvalue weighted by molar-refractivity contribution is -0.729. The van der Waals surface area contributed by atoms with Crippen molar-refractivity contribution in [3.05, 3.63) is 40.1 Å². The third kappa shape index (κ3) is 3.34. The lowest BCUT2D eigenvalue weighted by Gasteiger charge is -2.30. The molecule has 0 spiro atoms. The van der Waals surface area contributed by atoms with Crippen LogP contribution in [-0.4, -0.2) is 49.6 Å². The Labute approximate surface area is 148 Å². The van der Waals surface area contributed by atoms with E-state index in [1.54, 1.807) is 0 Å². The molecule has 2 atom stereocenters. The van der Waals surface area contributed by atoms with Crippen molar-refractivity contribution < 1.29 is 33.9 Å². The number of ether oxygens (including phenoxy) is 3. The fourth-order valence-electron chi connectivity index (χ4n) is 2.76. The number of nitrogens with zero attached hydrogens (tertiary/aromatic N) is 2. The van der Waals surface area contributed by atoms with Crippen LogP contribution >= 0.6 is 0 Å². The number of fused-ring (bicyclic) bond motifs is 1. The second-order valence-corrected chi connectivity index (χ2v) is 5.30. The molecule has 0 radical (unpaired) electrons. The number of methoxy groups -OCH3 is 2. The summed E-state index contributed by atoms with van der Waals surface area (Å²) in [5, 5.41) is 9.17. The van der Waals surface area contributed by atoms with E-state index in [0.29, 0.717) is 0 Å². The van der Waals surface area contributed by atoms with Gasteiger partial charge in [-0.1, -0.05) is 0 Å². The number of rotatable bonds is 5. The molecule has 2 unspecified atom stereocenters. The van der Waals surface area contributed by atoms with Gasteiger partial charge in [0, 0.05) is 36.9 Å². The summed E-state index contributed by atoms with van der Waals surface area (Å²) in [5.41, 5.74) is 5.89. The zero-order valence-corrected chi connectivity index (χ0v) is 14.3. The number of carbonyl (C=O) groups excluding carboxylic acids is 2. The molecule has 0 bridgehead atoms. The smallest absolute Gasteiger partial charge is 0.339 e. The molecule has 0 amide bonds. The van der Waals surface area contributed by atoms with Gasteiger partial charge in [0.05, 0.1) is 19.1 Å².